The number of hydrogen-bond acceptors (Lipinski definition) is 3. The van der Waals surface area contributed by atoms with Crippen molar-refractivity contribution in [2.24, 2.45) is 7.05 Å². The van der Waals surface area contributed by atoms with Crippen LogP contribution in [0.5, 0.6) is 0 Å². The van der Waals surface area contributed by atoms with Gasteiger partial charge in [-0.2, -0.15) is 0 Å². The molecule has 0 aliphatic rings. The number of nitrogens with zero attached hydrogens (tertiary/aromatic N) is 3. The van der Waals surface area contributed by atoms with E-state index in [1.165, 1.54) is 0 Å². The zero-order valence-electron chi connectivity index (χ0n) is 10.8. The number of hydrogen-bond donors (Lipinski definition) is 1. The fraction of sp³-hybridized carbons (Fsp3) is 0.231. The second-order valence-electron chi connectivity index (χ2n) is 4.32. The molecule has 0 atom stereocenters. The maximum atomic E-state index is 12.4. The van der Waals surface area contributed by atoms with Crippen molar-refractivity contribution in [3.05, 3.63) is 46.5 Å². The van der Waals surface area contributed by atoms with Crippen molar-refractivity contribution in [3.8, 4) is 0 Å². The van der Waals surface area contributed by atoms with Gasteiger partial charge in [-0.15, -0.1) is 0 Å². The minimum Gasteiger partial charge on any atom is -0.398 e. The van der Waals surface area contributed by atoms with Crippen molar-refractivity contribution in [1.29, 1.82) is 0 Å². The van der Waals surface area contributed by atoms with Gasteiger partial charge in [0.1, 0.15) is 5.82 Å². The second-order valence-corrected chi connectivity index (χ2v) is 5.12. The summed E-state index contributed by atoms with van der Waals surface area (Å²) in [6, 6.07) is 5.26. The molecule has 2 aromatic rings. The lowest BCUT2D eigenvalue weighted by Gasteiger charge is -2.18. The number of halogens is 1. The molecule has 1 aromatic carbocycles. The number of aryl methyl sites for hydroxylation is 1. The summed E-state index contributed by atoms with van der Waals surface area (Å²) in [5.74, 6) is 0.734. The Labute approximate surface area is 120 Å². The Hall–Kier alpha value is -1.82. The van der Waals surface area contributed by atoms with Crippen LogP contribution in [0, 0.1) is 0 Å². The Morgan fingerprint density at radius 2 is 2.26 bits per heavy atom. The number of rotatable bonds is 3. The molecular weight excluding hydrogens is 308 g/mol. The summed E-state index contributed by atoms with van der Waals surface area (Å²) in [6.07, 6.45) is 3.56. The summed E-state index contributed by atoms with van der Waals surface area (Å²) >= 11 is 3.35. The van der Waals surface area contributed by atoms with E-state index in [4.69, 9.17) is 5.73 Å². The number of carbonyl (C=O) groups excluding carboxylic acids is 1. The van der Waals surface area contributed by atoms with Gasteiger partial charge in [-0.3, -0.25) is 4.79 Å². The molecular formula is C13H15BrN4O. The van der Waals surface area contributed by atoms with Gasteiger partial charge in [0.05, 0.1) is 16.6 Å². The van der Waals surface area contributed by atoms with Gasteiger partial charge < -0.3 is 15.2 Å². The Balaban J connectivity index is 2.20. The summed E-state index contributed by atoms with van der Waals surface area (Å²) in [7, 11) is 3.64. The van der Waals surface area contributed by atoms with Crippen molar-refractivity contribution in [1.82, 2.24) is 14.5 Å². The molecule has 2 rings (SSSR count). The quantitative estimate of drug-likeness (QED) is 0.879. The Kier molecular flexibility index (Phi) is 3.90. The van der Waals surface area contributed by atoms with Gasteiger partial charge in [0.15, 0.2) is 0 Å². The molecule has 100 valence electrons. The highest BCUT2D eigenvalue weighted by Crippen LogP contribution is 2.24. The molecule has 0 aliphatic heterocycles. The molecule has 0 radical (unpaired) electrons. The Morgan fingerprint density at radius 3 is 2.89 bits per heavy atom. The van der Waals surface area contributed by atoms with Crippen molar-refractivity contribution in [2.45, 2.75) is 6.54 Å². The lowest BCUT2D eigenvalue weighted by molar-refractivity contribution is 0.0779. The summed E-state index contributed by atoms with van der Waals surface area (Å²) in [4.78, 5) is 18.2. The number of aromatic nitrogens is 2. The highest BCUT2D eigenvalue weighted by atomic mass is 79.9. The molecule has 2 N–H and O–H groups in total. The molecule has 6 heteroatoms. The fourth-order valence-electron chi connectivity index (χ4n) is 1.75. The first-order valence-corrected chi connectivity index (χ1v) is 6.55. The number of carbonyl (C=O) groups is 1. The van der Waals surface area contributed by atoms with Gasteiger partial charge in [0, 0.05) is 32.2 Å². The van der Waals surface area contributed by atoms with E-state index in [0.717, 1.165) is 5.82 Å². The second kappa shape index (κ2) is 5.44. The van der Waals surface area contributed by atoms with E-state index >= 15 is 0 Å². The van der Waals surface area contributed by atoms with Crippen LogP contribution in [0.25, 0.3) is 0 Å². The van der Waals surface area contributed by atoms with Gasteiger partial charge in [0.25, 0.3) is 5.91 Å². The third-order valence-corrected chi connectivity index (χ3v) is 3.79. The van der Waals surface area contributed by atoms with Crippen LogP contribution in [0.3, 0.4) is 0 Å². The summed E-state index contributed by atoms with van der Waals surface area (Å²) in [6.45, 7) is 0.448. The van der Waals surface area contributed by atoms with Crippen LogP contribution in [-0.2, 0) is 13.6 Å². The predicted octanol–water partition coefficient (Wildman–Crippen LogP) is 2.04. The molecule has 0 fully saturated rings. The number of amides is 1. The number of benzene rings is 1. The van der Waals surface area contributed by atoms with Crippen LogP contribution in [0.15, 0.2) is 35.1 Å². The topological polar surface area (TPSA) is 64.2 Å². The first-order valence-electron chi connectivity index (χ1n) is 5.76. The number of nitrogen functional groups attached to an aromatic ring is 1. The van der Waals surface area contributed by atoms with Gasteiger partial charge in [-0.1, -0.05) is 6.07 Å². The molecule has 0 saturated heterocycles. The Morgan fingerprint density at radius 1 is 1.53 bits per heavy atom. The van der Waals surface area contributed by atoms with Crippen LogP contribution >= 0.6 is 15.9 Å². The molecule has 0 unspecified atom stereocenters. The lowest BCUT2D eigenvalue weighted by Crippen LogP contribution is -2.27. The SMILES string of the molecule is CN(Cc1nccn1C)C(=O)c1cccc(N)c1Br. The first-order chi connectivity index (χ1) is 9.00. The molecule has 1 amide bonds. The molecule has 0 saturated carbocycles. The monoisotopic (exact) mass is 322 g/mol. The van der Waals surface area contributed by atoms with Crippen molar-refractivity contribution < 1.29 is 4.79 Å². The average Bonchev–Trinajstić information content (AvgIpc) is 2.77. The minimum absolute atomic E-state index is 0.0952. The van der Waals surface area contributed by atoms with Crippen LogP contribution in [-0.4, -0.2) is 27.4 Å². The van der Waals surface area contributed by atoms with Crippen LogP contribution in [0.2, 0.25) is 0 Å². The highest BCUT2D eigenvalue weighted by molar-refractivity contribution is 9.10. The summed E-state index contributed by atoms with van der Waals surface area (Å²) in [5, 5.41) is 0. The third-order valence-electron chi connectivity index (χ3n) is 2.91. The largest absolute Gasteiger partial charge is 0.398 e. The number of imidazole rings is 1. The summed E-state index contributed by atoms with van der Waals surface area (Å²) in [5.41, 5.74) is 6.89. The van der Waals surface area contributed by atoms with Gasteiger partial charge in [-0.05, 0) is 28.1 Å². The number of anilines is 1. The molecule has 1 aromatic heterocycles. The third kappa shape index (κ3) is 2.78. The van der Waals surface area contributed by atoms with Gasteiger partial charge in [0.2, 0.25) is 0 Å². The minimum atomic E-state index is -0.0952. The Bertz CT molecular complexity index is 608. The van der Waals surface area contributed by atoms with Gasteiger partial charge in [-0.25, -0.2) is 4.98 Å². The molecule has 5 nitrogen and oxygen atoms in total. The van der Waals surface area contributed by atoms with E-state index in [9.17, 15) is 4.79 Å². The molecule has 1 heterocycles. The standard InChI is InChI=1S/C13H15BrN4O/c1-17-7-6-16-11(17)8-18(2)13(19)9-4-3-5-10(15)12(9)14/h3-7H,8,15H2,1-2H3. The zero-order valence-corrected chi connectivity index (χ0v) is 12.4. The van der Waals surface area contributed by atoms with E-state index in [-0.39, 0.29) is 5.91 Å². The predicted molar refractivity (Wildman–Crippen MR) is 77.6 cm³/mol. The molecule has 0 bridgehead atoms. The van der Waals surface area contributed by atoms with Crippen LogP contribution in [0.4, 0.5) is 5.69 Å². The average molecular weight is 323 g/mol. The molecule has 0 spiro atoms. The molecule has 0 aliphatic carbocycles. The maximum Gasteiger partial charge on any atom is 0.255 e. The van der Waals surface area contributed by atoms with E-state index < -0.39 is 0 Å². The summed E-state index contributed by atoms with van der Waals surface area (Å²) < 4.78 is 2.52. The zero-order chi connectivity index (χ0) is 14.0. The van der Waals surface area contributed by atoms with Crippen LogP contribution in [0.1, 0.15) is 16.2 Å². The molecule has 19 heavy (non-hydrogen) atoms. The van der Waals surface area contributed by atoms with Crippen molar-refractivity contribution >= 4 is 27.5 Å². The van der Waals surface area contributed by atoms with Crippen molar-refractivity contribution in [2.75, 3.05) is 12.8 Å². The fourth-order valence-corrected chi connectivity index (χ4v) is 2.19. The van der Waals surface area contributed by atoms with Gasteiger partial charge >= 0.3 is 0 Å². The van der Waals surface area contributed by atoms with E-state index in [1.54, 1.807) is 36.3 Å². The van der Waals surface area contributed by atoms with E-state index in [0.29, 0.717) is 22.3 Å². The normalized spacial score (nSPS) is 10.5. The maximum absolute atomic E-state index is 12.4. The van der Waals surface area contributed by atoms with Crippen LogP contribution < -0.4 is 5.73 Å². The highest BCUT2D eigenvalue weighted by Gasteiger charge is 2.17. The van der Waals surface area contributed by atoms with Crippen molar-refractivity contribution in [3.63, 3.8) is 0 Å². The lowest BCUT2D eigenvalue weighted by atomic mass is 10.2. The first kappa shape index (κ1) is 13.6. The number of nitrogens with two attached hydrogens (primary N) is 1. The smallest absolute Gasteiger partial charge is 0.255 e. The van der Waals surface area contributed by atoms with E-state index in [2.05, 4.69) is 20.9 Å². The van der Waals surface area contributed by atoms with E-state index in [1.807, 2.05) is 17.8 Å².